The molecule has 17 heavy (non-hydrogen) atoms. The summed E-state index contributed by atoms with van der Waals surface area (Å²) in [5.41, 5.74) is 0. The molecule has 0 fully saturated rings. The molecular formula is C11H14N2O3S. The van der Waals surface area contributed by atoms with Gasteiger partial charge in [-0.15, -0.1) is 17.9 Å². The topological polar surface area (TPSA) is 79.3 Å². The standard InChI is InChI=1S/C11H14N2O3S/c1-3-4-5-8(11(15)16)13-10(14)9-6-12-7(2)17-9/h3,6,8H,1,4-5H2,2H3,(H,13,14)(H,15,16). The fourth-order valence-corrected chi connectivity index (χ4v) is 1.92. The van der Waals surface area contributed by atoms with Gasteiger partial charge in [-0.3, -0.25) is 4.79 Å². The number of carbonyl (C=O) groups excluding carboxylic acids is 1. The monoisotopic (exact) mass is 254 g/mol. The third-order valence-electron chi connectivity index (χ3n) is 2.11. The lowest BCUT2D eigenvalue weighted by Gasteiger charge is -2.12. The van der Waals surface area contributed by atoms with Gasteiger partial charge < -0.3 is 10.4 Å². The van der Waals surface area contributed by atoms with E-state index in [1.807, 2.05) is 0 Å². The van der Waals surface area contributed by atoms with Crippen LogP contribution < -0.4 is 5.32 Å². The third-order valence-corrected chi connectivity index (χ3v) is 3.02. The van der Waals surface area contributed by atoms with Crippen LogP contribution in [0.4, 0.5) is 0 Å². The van der Waals surface area contributed by atoms with Crippen molar-refractivity contribution < 1.29 is 14.7 Å². The number of nitrogens with one attached hydrogen (secondary N) is 1. The van der Waals surface area contributed by atoms with Crippen molar-refractivity contribution in [2.24, 2.45) is 0 Å². The van der Waals surface area contributed by atoms with Gasteiger partial charge in [0.2, 0.25) is 0 Å². The number of amides is 1. The van der Waals surface area contributed by atoms with Crippen LogP contribution >= 0.6 is 11.3 Å². The average molecular weight is 254 g/mol. The van der Waals surface area contributed by atoms with E-state index in [0.717, 1.165) is 5.01 Å². The molecule has 0 aliphatic rings. The molecule has 1 aromatic rings. The van der Waals surface area contributed by atoms with Crippen molar-refractivity contribution >= 4 is 23.2 Å². The van der Waals surface area contributed by atoms with Crippen molar-refractivity contribution in [3.63, 3.8) is 0 Å². The predicted molar refractivity (Wildman–Crippen MR) is 65.2 cm³/mol. The zero-order valence-corrected chi connectivity index (χ0v) is 10.3. The first kappa shape index (κ1) is 13.4. The first-order chi connectivity index (χ1) is 8.04. The van der Waals surface area contributed by atoms with Crippen molar-refractivity contribution in [2.75, 3.05) is 0 Å². The number of aliphatic carboxylic acids is 1. The summed E-state index contributed by atoms with van der Waals surface area (Å²) in [5, 5.41) is 12.2. The van der Waals surface area contributed by atoms with Crippen molar-refractivity contribution in [3.05, 3.63) is 28.7 Å². The van der Waals surface area contributed by atoms with E-state index in [1.165, 1.54) is 17.5 Å². The summed E-state index contributed by atoms with van der Waals surface area (Å²) in [6.07, 6.45) is 3.95. The van der Waals surface area contributed by atoms with Crippen LogP contribution in [0.5, 0.6) is 0 Å². The number of hydrogen-bond acceptors (Lipinski definition) is 4. The minimum Gasteiger partial charge on any atom is -0.480 e. The smallest absolute Gasteiger partial charge is 0.326 e. The second-order valence-electron chi connectivity index (χ2n) is 3.47. The Labute approximate surface area is 103 Å². The maximum atomic E-state index is 11.7. The summed E-state index contributed by atoms with van der Waals surface area (Å²) < 4.78 is 0. The third kappa shape index (κ3) is 3.99. The van der Waals surface area contributed by atoms with Crippen LogP contribution in [0.15, 0.2) is 18.9 Å². The normalized spacial score (nSPS) is 11.8. The summed E-state index contributed by atoms with van der Waals surface area (Å²) in [6, 6.07) is -0.886. The van der Waals surface area contributed by atoms with Gasteiger partial charge in [-0.05, 0) is 19.8 Å². The van der Waals surface area contributed by atoms with Gasteiger partial charge >= 0.3 is 5.97 Å². The van der Waals surface area contributed by atoms with Gasteiger partial charge in [0.25, 0.3) is 5.91 Å². The number of thiazole rings is 1. The van der Waals surface area contributed by atoms with Gasteiger partial charge in [0.15, 0.2) is 0 Å². The van der Waals surface area contributed by atoms with Crippen molar-refractivity contribution in [1.82, 2.24) is 10.3 Å². The Morgan fingerprint density at radius 2 is 2.41 bits per heavy atom. The van der Waals surface area contributed by atoms with Gasteiger partial charge in [0.05, 0.1) is 11.2 Å². The molecule has 5 nitrogen and oxygen atoms in total. The van der Waals surface area contributed by atoms with E-state index < -0.39 is 17.9 Å². The Bertz CT molecular complexity index is 428. The summed E-state index contributed by atoms with van der Waals surface area (Å²) in [5.74, 6) is -1.44. The van der Waals surface area contributed by atoms with Gasteiger partial charge in [0.1, 0.15) is 10.9 Å². The zero-order chi connectivity index (χ0) is 12.8. The summed E-state index contributed by atoms with van der Waals surface area (Å²) >= 11 is 1.24. The molecule has 1 aromatic heterocycles. The minimum absolute atomic E-state index is 0.336. The highest BCUT2D eigenvalue weighted by atomic mass is 32.1. The first-order valence-electron chi connectivity index (χ1n) is 5.11. The average Bonchev–Trinajstić information content (AvgIpc) is 2.70. The van der Waals surface area contributed by atoms with Crippen molar-refractivity contribution in [1.29, 1.82) is 0 Å². The van der Waals surface area contributed by atoms with Crippen LogP contribution in [0.1, 0.15) is 27.5 Å². The maximum absolute atomic E-state index is 11.7. The molecule has 1 heterocycles. The molecule has 0 saturated heterocycles. The lowest BCUT2D eigenvalue weighted by molar-refractivity contribution is -0.139. The Hall–Kier alpha value is -1.69. The van der Waals surface area contributed by atoms with Crippen molar-refractivity contribution in [2.45, 2.75) is 25.8 Å². The van der Waals surface area contributed by atoms with Crippen LogP contribution in [0.2, 0.25) is 0 Å². The molecule has 1 unspecified atom stereocenters. The molecule has 1 atom stereocenters. The van der Waals surface area contributed by atoms with Crippen LogP contribution in [0, 0.1) is 6.92 Å². The van der Waals surface area contributed by atoms with Gasteiger partial charge in [0, 0.05) is 0 Å². The van der Waals surface area contributed by atoms with E-state index in [9.17, 15) is 9.59 Å². The summed E-state index contributed by atoms with van der Waals surface area (Å²) in [7, 11) is 0. The number of carboxylic acids is 1. The molecule has 0 aliphatic carbocycles. The first-order valence-corrected chi connectivity index (χ1v) is 5.93. The van der Waals surface area contributed by atoms with E-state index in [1.54, 1.807) is 13.0 Å². The van der Waals surface area contributed by atoms with E-state index in [-0.39, 0.29) is 0 Å². The molecule has 0 radical (unpaired) electrons. The van der Waals surface area contributed by atoms with Gasteiger partial charge in [-0.2, -0.15) is 0 Å². The van der Waals surface area contributed by atoms with Crippen LogP contribution in [0.3, 0.4) is 0 Å². The van der Waals surface area contributed by atoms with E-state index in [0.29, 0.717) is 17.7 Å². The predicted octanol–water partition coefficient (Wildman–Crippen LogP) is 1.60. The number of nitrogens with zero attached hydrogens (tertiary/aromatic N) is 1. The Morgan fingerprint density at radius 1 is 1.71 bits per heavy atom. The number of carboxylic acid groups (broad SMARTS) is 1. The lowest BCUT2D eigenvalue weighted by atomic mass is 10.1. The summed E-state index contributed by atoms with van der Waals surface area (Å²) in [6.45, 7) is 5.30. The number of hydrogen-bond donors (Lipinski definition) is 2. The molecule has 0 aromatic carbocycles. The molecule has 1 rings (SSSR count). The molecule has 0 bridgehead atoms. The van der Waals surface area contributed by atoms with Crippen LogP contribution in [-0.4, -0.2) is 28.0 Å². The molecule has 1 amide bonds. The molecule has 0 saturated carbocycles. The SMILES string of the molecule is C=CCCC(NC(=O)c1cnc(C)s1)C(=O)O. The number of aryl methyl sites for hydroxylation is 1. The largest absolute Gasteiger partial charge is 0.480 e. The van der Waals surface area contributed by atoms with E-state index in [4.69, 9.17) is 5.11 Å². The number of allylic oxidation sites excluding steroid dienone is 1. The van der Waals surface area contributed by atoms with E-state index in [2.05, 4.69) is 16.9 Å². The number of rotatable bonds is 6. The Kier molecular flexibility index (Phi) is 4.84. The minimum atomic E-state index is -1.04. The van der Waals surface area contributed by atoms with Crippen LogP contribution in [-0.2, 0) is 4.79 Å². The van der Waals surface area contributed by atoms with Gasteiger partial charge in [-0.25, -0.2) is 9.78 Å². The Balaban J connectivity index is 2.63. The highest BCUT2D eigenvalue weighted by Crippen LogP contribution is 2.11. The molecule has 0 aliphatic heterocycles. The Morgan fingerprint density at radius 3 is 2.88 bits per heavy atom. The molecule has 92 valence electrons. The zero-order valence-electron chi connectivity index (χ0n) is 9.47. The van der Waals surface area contributed by atoms with E-state index >= 15 is 0 Å². The fourth-order valence-electron chi connectivity index (χ4n) is 1.24. The van der Waals surface area contributed by atoms with Crippen molar-refractivity contribution in [3.8, 4) is 0 Å². The van der Waals surface area contributed by atoms with Crippen LogP contribution in [0.25, 0.3) is 0 Å². The molecular weight excluding hydrogens is 240 g/mol. The second-order valence-corrected chi connectivity index (χ2v) is 4.71. The van der Waals surface area contributed by atoms with Gasteiger partial charge in [-0.1, -0.05) is 6.08 Å². The maximum Gasteiger partial charge on any atom is 0.326 e. The number of aromatic nitrogens is 1. The molecule has 2 N–H and O–H groups in total. The lowest BCUT2D eigenvalue weighted by Crippen LogP contribution is -2.40. The highest BCUT2D eigenvalue weighted by Gasteiger charge is 2.20. The number of carbonyl (C=O) groups is 2. The quantitative estimate of drug-likeness (QED) is 0.756. The molecule has 0 spiro atoms. The summed E-state index contributed by atoms with van der Waals surface area (Å²) in [4.78, 5) is 27.0. The highest BCUT2D eigenvalue weighted by molar-refractivity contribution is 7.13. The fraction of sp³-hybridized carbons (Fsp3) is 0.364. The second kappa shape index (κ2) is 6.15. The molecule has 6 heteroatoms.